The number of aryl methyl sites for hydroxylation is 1. The molecule has 20 heavy (non-hydrogen) atoms. The van der Waals surface area contributed by atoms with E-state index in [-0.39, 0.29) is 11.6 Å². The van der Waals surface area contributed by atoms with Crippen molar-refractivity contribution in [1.29, 1.82) is 0 Å². The van der Waals surface area contributed by atoms with Gasteiger partial charge in [0.15, 0.2) is 0 Å². The van der Waals surface area contributed by atoms with Gasteiger partial charge in [-0.05, 0) is 63.2 Å². The summed E-state index contributed by atoms with van der Waals surface area (Å²) in [6.07, 6.45) is 5.86. The van der Waals surface area contributed by atoms with E-state index in [4.69, 9.17) is 5.73 Å². The smallest absolute Gasteiger partial charge is 0.0332 e. The number of benzene rings is 1. The Bertz CT molecular complexity index is 406. The predicted octanol–water partition coefficient (Wildman–Crippen LogP) is 3.38. The molecule has 2 heteroatoms. The summed E-state index contributed by atoms with van der Waals surface area (Å²) in [5, 5.41) is 0. The van der Waals surface area contributed by atoms with E-state index >= 15 is 0 Å². The minimum Gasteiger partial charge on any atom is -0.326 e. The van der Waals surface area contributed by atoms with Crippen LogP contribution in [0.4, 0.5) is 0 Å². The summed E-state index contributed by atoms with van der Waals surface area (Å²) in [6, 6.07) is 9.18. The van der Waals surface area contributed by atoms with Crippen LogP contribution in [0.1, 0.15) is 51.2 Å². The Morgan fingerprint density at radius 3 is 2.15 bits per heavy atom. The van der Waals surface area contributed by atoms with Gasteiger partial charge in [0.25, 0.3) is 0 Å². The molecule has 2 rings (SSSR count). The molecule has 112 valence electrons. The van der Waals surface area contributed by atoms with Gasteiger partial charge in [-0.15, -0.1) is 0 Å². The Kier molecular flexibility index (Phi) is 5.22. The summed E-state index contributed by atoms with van der Waals surface area (Å²) in [5.41, 5.74) is 9.51. The largest absolute Gasteiger partial charge is 0.326 e. The molecule has 1 saturated heterocycles. The summed E-state index contributed by atoms with van der Waals surface area (Å²) in [4.78, 5) is 2.61. The Hall–Kier alpha value is -0.860. The first-order chi connectivity index (χ1) is 9.60. The average Bonchev–Trinajstić information content (AvgIpc) is 3.01. The van der Waals surface area contributed by atoms with Gasteiger partial charge < -0.3 is 5.73 Å². The van der Waals surface area contributed by atoms with E-state index in [9.17, 15) is 0 Å². The summed E-state index contributed by atoms with van der Waals surface area (Å²) in [6.45, 7) is 9.25. The van der Waals surface area contributed by atoms with Crippen LogP contribution in [0.25, 0.3) is 0 Å². The number of rotatable bonds is 6. The van der Waals surface area contributed by atoms with E-state index < -0.39 is 0 Å². The second-order valence-corrected chi connectivity index (χ2v) is 6.39. The molecule has 0 aromatic heterocycles. The topological polar surface area (TPSA) is 29.3 Å². The highest BCUT2D eigenvalue weighted by Gasteiger charge is 2.37. The number of likely N-dealkylation sites (tertiary alicyclic amines) is 1. The standard InChI is InChI=1S/C18H30N2/c1-4-15-8-10-16(11-9-15)14-17(19)18(3,5-2)20-12-6-7-13-20/h8-11,17H,4-7,12-14,19H2,1-3H3. The van der Waals surface area contributed by atoms with Crippen LogP contribution in [0.15, 0.2) is 24.3 Å². The molecule has 1 aromatic rings. The van der Waals surface area contributed by atoms with Crippen LogP contribution in [0, 0.1) is 0 Å². The van der Waals surface area contributed by atoms with Gasteiger partial charge in [-0.2, -0.15) is 0 Å². The SMILES string of the molecule is CCc1ccc(CC(N)C(C)(CC)N2CCCC2)cc1. The minimum atomic E-state index is 0.139. The zero-order valence-corrected chi connectivity index (χ0v) is 13.4. The Balaban J connectivity index is 2.05. The molecule has 1 heterocycles. The zero-order valence-electron chi connectivity index (χ0n) is 13.4. The van der Waals surface area contributed by atoms with Crippen molar-refractivity contribution in [2.45, 2.75) is 64.5 Å². The summed E-state index contributed by atoms with van der Waals surface area (Å²) in [5.74, 6) is 0. The van der Waals surface area contributed by atoms with Gasteiger partial charge in [0.2, 0.25) is 0 Å². The molecule has 2 nitrogen and oxygen atoms in total. The van der Waals surface area contributed by atoms with E-state index in [1.807, 2.05) is 0 Å². The number of nitrogens with two attached hydrogens (primary N) is 1. The molecular weight excluding hydrogens is 244 g/mol. The van der Waals surface area contributed by atoms with E-state index in [1.54, 1.807) is 0 Å². The van der Waals surface area contributed by atoms with Crippen LogP contribution in [0.5, 0.6) is 0 Å². The lowest BCUT2D eigenvalue weighted by Gasteiger charge is -2.43. The van der Waals surface area contributed by atoms with Crippen molar-refractivity contribution in [3.05, 3.63) is 35.4 Å². The van der Waals surface area contributed by atoms with Crippen molar-refractivity contribution in [2.24, 2.45) is 5.73 Å². The van der Waals surface area contributed by atoms with Gasteiger partial charge in [0, 0.05) is 11.6 Å². The van der Waals surface area contributed by atoms with Crippen LogP contribution in [0.3, 0.4) is 0 Å². The fourth-order valence-electron chi connectivity index (χ4n) is 3.33. The quantitative estimate of drug-likeness (QED) is 0.861. The van der Waals surface area contributed by atoms with Crippen LogP contribution < -0.4 is 5.73 Å². The van der Waals surface area contributed by atoms with E-state index in [0.29, 0.717) is 0 Å². The maximum absolute atomic E-state index is 6.60. The molecule has 0 aliphatic carbocycles. The highest BCUT2D eigenvalue weighted by atomic mass is 15.2. The van der Waals surface area contributed by atoms with Crippen LogP contribution in [0.2, 0.25) is 0 Å². The fraction of sp³-hybridized carbons (Fsp3) is 0.667. The van der Waals surface area contributed by atoms with Crippen molar-refractivity contribution < 1.29 is 0 Å². The molecule has 1 aromatic carbocycles. The highest BCUT2D eigenvalue weighted by Crippen LogP contribution is 2.28. The molecule has 2 unspecified atom stereocenters. The second-order valence-electron chi connectivity index (χ2n) is 6.39. The maximum Gasteiger partial charge on any atom is 0.0332 e. The van der Waals surface area contributed by atoms with Crippen molar-refractivity contribution in [2.75, 3.05) is 13.1 Å². The molecular formula is C18H30N2. The number of nitrogens with zero attached hydrogens (tertiary/aromatic N) is 1. The molecule has 2 atom stereocenters. The molecule has 1 aliphatic rings. The Morgan fingerprint density at radius 2 is 1.65 bits per heavy atom. The second kappa shape index (κ2) is 6.73. The maximum atomic E-state index is 6.60. The summed E-state index contributed by atoms with van der Waals surface area (Å²) in [7, 11) is 0. The Labute approximate surface area is 124 Å². The van der Waals surface area contributed by atoms with Crippen LogP contribution in [-0.4, -0.2) is 29.6 Å². The first kappa shape index (κ1) is 15.5. The molecule has 1 aliphatic heterocycles. The van der Waals surface area contributed by atoms with Gasteiger partial charge in [0.05, 0.1) is 0 Å². The predicted molar refractivity (Wildman–Crippen MR) is 87.0 cm³/mol. The highest BCUT2D eigenvalue weighted by molar-refractivity contribution is 5.24. The van der Waals surface area contributed by atoms with E-state index in [2.05, 4.69) is 49.9 Å². The summed E-state index contributed by atoms with van der Waals surface area (Å²) < 4.78 is 0. The molecule has 0 saturated carbocycles. The van der Waals surface area contributed by atoms with Crippen molar-refractivity contribution in [3.63, 3.8) is 0 Å². The van der Waals surface area contributed by atoms with Crippen LogP contribution >= 0.6 is 0 Å². The zero-order chi connectivity index (χ0) is 14.6. The number of hydrogen-bond acceptors (Lipinski definition) is 2. The lowest BCUT2D eigenvalue weighted by molar-refractivity contribution is 0.0999. The van der Waals surface area contributed by atoms with Crippen LogP contribution in [-0.2, 0) is 12.8 Å². The van der Waals surface area contributed by atoms with E-state index in [0.717, 1.165) is 19.3 Å². The molecule has 2 N–H and O–H groups in total. The number of hydrogen-bond donors (Lipinski definition) is 1. The van der Waals surface area contributed by atoms with Gasteiger partial charge in [0.1, 0.15) is 0 Å². The molecule has 0 radical (unpaired) electrons. The Morgan fingerprint density at radius 1 is 1.10 bits per heavy atom. The molecule has 1 fully saturated rings. The first-order valence-electron chi connectivity index (χ1n) is 8.18. The first-order valence-corrected chi connectivity index (χ1v) is 8.18. The van der Waals surface area contributed by atoms with Crippen molar-refractivity contribution in [1.82, 2.24) is 4.90 Å². The summed E-state index contributed by atoms with van der Waals surface area (Å²) >= 11 is 0. The van der Waals surface area contributed by atoms with Crippen molar-refractivity contribution >= 4 is 0 Å². The van der Waals surface area contributed by atoms with Gasteiger partial charge in [-0.25, -0.2) is 0 Å². The lowest BCUT2D eigenvalue weighted by Crippen LogP contribution is -2.57. The third-order valence-electron chi connectivity index (χ3n) is 5.23. The fourth-order valence-corrected chi connectivity index (χ4v) is 3.33. The minimum absolute atomic E-state index is 0.139. The van der Waals surface area contributed by atoms with Crippen molar-refractivity contribution in [3.8, 4) is 0 Å². The van der Waals surface area contributed by atoms with Gasteiger partial charge in [-0.1, -0.05) is 38.1 Å². The lowest BCUT2D eigenvalue weighted by atomic mass is 9.84. The molecule has 0 spiro atoms. The molecule has 0 amide bonds. The normalized spacial score (nSPS) is 20.8. The third kappa shape index (κ3) is 3.24. The average molecular weight is 274 g/mol. The monoisotopic (exact) mass is 274 g/mol. The van der Waals surface area contributed by atoms with E-state index in [1.165, 1.54) is 37.1 Å². The van der Waals surface area contributed by atoms with Gasteiger partial charge in [-0.3, -0.25) is 4.90 Å². The molecule has 0 bridgehead atoms. The van der Waals surface area contributed by atoms with Gasteiger partial charge >= 0.3 is 0 Å². The third-order valence-corrected chi connectivity index (χ3v) is 5.23.